The molecule has 3 heteroatoms. The highest BCUT2D eigenvalue weighted by molar-refractivity contribution is 5.36. The molecule has 1 heterocycles. The standard InChI is InChI=1S/C12H12FNO/c13-12-2-1-10(7-11(12)8-14)9-3-5-15-6-4-9/h1-2,7,9H,3-6H2. The zero-order chi connectivity index (χ0) is 10.7. The Hall–Kier alpha value is -1.40. The summed E-state index contributed by atoms with van der Waals surface area (Å²) in [6, 6.07) is 6.67. The number of benzene rings is 1. The first-order valence-electron chi connectivity index (χ1n) is 5.08. The Morgan fingerprint density at radius 3 is 2.73 bits per heavy atom. The summed E-state index contributed by atoms with van der Waals surface area (Å²) in [6.45, 7) is 1.51. The Balaban J connectivity index is 2.25. The molecule has 0 aromatic heterocycles. The second-order valence-corrected chi connectivity index (χ2v) is 3.74. The van der Waals surface area contributed by atoms with Crippen LogP contribution in [-0.4, -0.2) is 13.2 Å². The van der Waals surface area contributed by atoms with Crippen molar-refractivity contribution < 1.29 is 9.13 Å². The molecule has 2 rings (SSSR count). The van der Waals surface area contributed by atoms with Crippen molar-refractivity contribution in [3.05, 3.63) is 35.1 Å². The van der Waals surface area contributed by atoms with Crippen molar-refractivity contribution in [3.63, 3.8) is 0 Å². The van der Waals surface area contributed by atoms with E-state index in [0.29, 0.717) is 5.92 Å². The molecule has 1 aromatic carbocycles. The third-order valence-corrected chi connectivity index (χ3v) is 2.80. The molecule has 2 nitrogen and oxygen atoms in total. The second-order valence-electron chi connectivity index (χ2n) is 3.74. The van der Waals surface area contributed by atoms with E-state index in [0.717, 1.165) is 31.6 Å². The van der Waals surface area contributed by atoms with E-state index in [9.17, 15) is 4.39 Å². The molecule has 0 aliphatic carbocycles. The summed E-state index contributed by atoms with van der Waals surface area (Å²) in [5, 5.41) is 8.73. The highest BCUT2D eigenvalue weighted by atomic mass is 19.1. The molecule has 1 aromatic rings. The summed E-state index contributed by atoms with van der Waals surface area (Å²) in [4.78, 5) is 0. The number of ether oxygens (including phenoxy) is 1. The minimum atomic E-state index is -0.437. The Bertz CT molecular complexity index is 391. The monoisotopic (exact) mass is 205 g/mol. The Morgan fingerprint density at radius 2 is 2.07 bits per heavy atom. The van der Waals surface area contributed by atoms with Crippen LogP contribution in [0.2, 0.25) is 0 Å². The lowest BCUT2D eigenvalue weighted by Crippen LogP contribution is -2.14. The lowest BCUT2D eigenvalue weighted by Gasteiger charge is -2.22. The zero-order valence-corrected chi connectivity index (χ0v) is 8.37. The fourth-order valence-electron chi connectivity index (χ4n) is 1.91. The molecule has 0 radical (unpaired) electrons. The van der Waals surface area contributed by atoms with Gasteiger partial charge in [-0.15, -0.1) is 0 Å². The van der Waals surface area contributed by atoms with Gasteiger partial charge in [0.05, 0.1) is 5.56 Å². The molecule has 78 valence electrons. The van der Waals surface area contributed by atoms with Crippen LogP contribution in [0.4, 0.5) is 4.39 Å². The topological polar surface area (TPSA) is 33.0 Å². The van der Waals surface area contributed by atoms with E-state index in [1.165, 1.54) is 6.07 Å². The van der Waals surface area contributed by atoms with Gasteiger partial charge in [-0.2, -0.15) is 5.26 Å². The third kappa shape index (κ3) is 2.16. The first-order valence-corrected chi connectivity index (χ1v) is 5.08. The largest absolute Gasteiger partial charge is 0.381 e. The summed E-state index contributed by atoms with van der Waals surface area (Å²) >= 11 is 0. The molecular weight excluding hydrogens is 193 g/mol. The lowest BCUT2D eigenvalue weighted by molar-refractivity contribution is 0.0853. The van der Waals surface area contributed by atoms with Crippen LogP contribution < -0.4 is 0 Å². The molecule has 0 amide bonds. The van der Waals surface area contributed by atoms with Crippen molar-refractivity contribution in [2.24, 2.45) is 0 Å². The number of nitriles is 1. The van der Waals surface area contributed by atoms with Crippen LogP contribution in [-0.2, 0) is 4.74 Å². The minimum absolute atomic E-state index is 0.138. The quantitative estimate of drug-likeness (QED) is 0.706. The molecule has 0 bridgehead atoms. The van der Waals surface area contributed by atoms with Gasteiger partial charge in [0.1, 0.15) is 11.9 Å². The summed E-state index contributed by atoms with van der Waals surface area (Å²) in [5.41, 5.74) is 1.19. The van der Waals surface area contributed by atoms with Gasteiger partial charge < -0.3 is 4.74 Å². The van der Waals surface area contributed by atoms with Crippen molar-refractivity contribution in [1.29, 1.82) is 5.26 Å². The van der Waals surface area contributed by atoms with Crippen LogP contribution in [0.5, 0.6) is 0 Å². The van der Waals surface area contributed by atoms with Gasteiger partial charge >= 0.3 is 0 Å². The maximum Gasteiger partial charge on any atom is 0.140 e. The molecular formula is C12H12FNO. The molecule has 1 fully saturated rings. The number of hydrogen-bond donors (Lipinski definition) is 0. The van der Waals surface area contributed by atoms with E-state index < -0.39 is 5.82 Å². The average Bonchev–Trinajstić information content (AvgIpc) is 2.31. The van der Waals surface area contributed by atoms with Crippen LogP contribution in [0, 0.1) is 17.1 Å². The normalized spacial score (nSPS) is 17.3. The Labute approximate surface area is 88.3 Å². The number of halogens is 1. The molecule has 1 aliphatic heterocycles. The van der Waals surface area contributed by atoms with E-state index in [4.69, 9.17) is 10.00 Å². The molecule has 0 N–H and O–H groups in total. The summed E-state index contributed by atoms with van der Waals surface area (Å²) in [5.74, 6) is -0.0280. The molecule has 1 aliphatic rings. The smallest absolute Gasteiger partial charge is 0.140 e. The van der Waals surface area contributed by atoms with Crippen molar-refractivity contribution in [1.82, 2.24) is 0 Å². The van der Waals surface area contributed by atoms with Gasteiger partial charge in [0.15, 0.2) is 0 Å². The highest BCUT2D eigenvalue weighted by Gasteiger charge is 2.16. The highest BCUT2D eigenvalue weighted by Crippen LogP contribution is 2.27. The molecule has 0 spiro atoms. The number of hydrogen-bond acceptors (Lipinski definition) is 2. The molecule has 1 saturated heterocycles. The SMILES string of the molecule is N#Cc1cc(C2CCOCC2)ccc1F. The Morgan fingerprint density at radius 1 is 1.33 bits per heavy atom. The second kappa shape index (κ2) is 4.41. The van der Waals surface area contributed by atoms with E-state index in [-0.39, 0.29) is 5.56 Å². The summed E-state index contributed by atoms with van der Waals surface area (Å²) < 4.78 is 18.4. The van der Waals surface area contributed by atoms with Gasteiger partial charge in [0.2, 0.25) is 0 Å². The van der Waals surface area contributed by atoms with Gasteiger partial charge in [-0.25, -0.2) is 4.39 Å². The van der Waals surface area contributed by atoms with Gasteiger partial charge in [0, 0.05) is 13.2 Å². The predicted octanol–water partition coefficient (Wildman–Crippen LogP) is 2.59. The van der Waals surface area contributed by atoms with Gasteiger partial charge in [-0.05, 0) is 36.5 Å². The maximum atomic E-state index is 13.1. The summed E-state index contributed by atoms with van der Waals surface area (Å²) in [7, 11) is 0. The average molecular weight is 205 g/mol. The Kier molecular flexibility index (Phi) is 2.98. The van der Waals surface area contributed by atoms with E-state index in [2.05, 4.69) is 0 Å². The molecule has 0 atom stereocenters. The zero-order valence-electron chi connectivity index (χ0n) is 8.37. The predicted molar refractivity (Wildman–Crippen MR) is 53.9 cm³/mol. The maximum absolute atomic E-state index is 13.1. The van der Waals surface area contributed by atoms with Crippen molar-refractivity contribution >= 4 is 0 Å². The van der Waals surface area contributed by atoms with Crippen LogP contribution in [0.25, 0.3) is 0 Å². The van der Waals surface area contributed by atoms with Crippen molar-refractivity contribution in [2.75, 3.05) is 13.2 Å². The van der Waals surface area contributed by atoms with E-state index >= 15 is 0 Å². The first-order chi connectivity index (χ1) is 7.31. The van der Waals surface area contributed by atoms with E-state index in [1.807, 2.05) is 6.07 Å². The van der Waals surface area contributed by atoms with Crippen LogP contribution in [0.15, 0.2) is 18.2 Å². The van der Waals surface area contributed by atoms with Crippen LogP contribution in [0.1, 0.15) is 29.9 Å². The van der Waals surface area contributed by atoms with Crippen molar-refractivity contribution in [2.45, 2.75) is 18.8 Å². The molecule has 15 heavy (non-hydrogen) atoms. The molecule has 0 saturated carbocycles. The lowest BCUT2D eigenvalue weighted by atomic mass is 9.91. The summed E-state index contributed by atoms with van der Waals surface area (Å²) in [6.07, 6.45) is 1.91. The van der Waals surface area contributed by atoms with Crippen LogP contribution >= 0.6 is 0 Å². The van der Waals surface area contributed by atoms with Crippen LogP contribution in [0.3, 0.4) is 0 Å². The molecule has 0 unspecified atom stereocenters. The first kappa shape index (κ1) is 10.1. The van der Waals surface area contributed by atoms with E-state index in [1.54, 1.807) is 12.1 Å². The third-order valence-electron chi connectivity index (χ3n) is 2.80. The van der Waals surface area contributed by atoms with Gasteiger partial charge in [-0.1, -0.05) is 6.07 Å². The minimum Gasteiger partial charge on any atom is -0.381 e. The number of rotatable bonds is 1. The van der Waals surface area contributed by atoms with Crippen molar-refractivity contribution in [3.8, 4) is 6.07 Å². The van der Waals surface area contributed by atoms with Gasteiger partial charge in [0.25, 0.3) is 0 Å². The number of nitrogens with zero attached hydrogens (tertiary/aromatic N) is 1. The fourth-order valence-corrected chi connectivity index (χ4v) is 1.91. The fraction of sp³-hybridized carbons (Fsp3) is 0.417. The van der Waals surface area contributed by atoms with Gasteiger partial charge in [-0.3, -0.25) is 0 Å².